The van der Waals surface area contributed by atoms with Gasteiger partial charge >= 0.3 is 0 Å². The van der Waals surface area contributed by atoms with E-state index in [-0.39, 0.29) is 10.8 Å². The number of nitrogens with zero attached hydrogens (tertiary/aromatic N) is 4. The van der Waals surface area contributed by atoms with Crippen molar-refractivity contribution in [3.63, 3.8) is 0 Å². The molecule has 0 atom stereocenters. The molecule has 1 amide bonds. The summed E-state index contributed by atoms with van der Waals surface area (Å²) >= 11 is 1.69. The van der Waals surface area contributed by atoms with Gasteiger partial charge in [0.15, 0.2) is 5.13 Å². The van der Waals surface area contributed by atoms with Gasteiger partial charge in [0.25, 0.3) is 5.91 Å². The monoisotopic (exact) mass is 470 g/mol. The number of carbonyl (C=O) groups excluding carboxylic acids is 1. The zero-order valence-corrected chi connectivity index (χ0v) is 19.7. The molecule has 0 aliphatic carbocycles. The lowest BCUT2D eigenvalue weighted by Gasteiger charge is -2.34. The van der Waals surface area contributed by atoms with Gasteiger partial charge in [0.1, 0.15) is 0 Å². The molecular formula is C23H26N4O3S2. The van der Waals surface area contributed by atoms with E-state index in [1.165, 1.54) is 14.6 Å². The Morgan fingerprint density at radius 3 is 2.28 bits per heavy atom. The van der Waals surface area contributed by atoms with Gasteiger partial charge < -0.3 is 9.80 Å². The average molecular weight is 471 g/mol. The lowest BCUT2D eigenvalue weighted by atomic mass is 10.2. The molecule has 2 aliphatic heterocycles. The number of fused-ring (bicyclic) bond motifs is 1. The van der Waals surface area contributed by atoms with Gasteiger partial charge in [-0.1, -0.05) is 23.5 Å². The molecule has 0 unspecified atom stereocenters. The first kappa shape index (κ1) is 21.4. The third-order valence-corrected chi connectivity index (χ3v) is 9.25. The first-order valence-corrected chi connectivity index (χ1v) is 13.2. The van der Waals surface area contributed by atoms with E-state index in [1.807, 2.05) is 4.90 Å². The number of rotatable bonds is 4. The first-order valence-electron chi connectivity index (χ1n) is 10.9. The van der Waals surface area contributed by atoms with Crippen molar-refractivity contribution in [2.45, 2.75) is 24.7 Å². The second-order valence-corrected chi connectivity index (χ2v) is 11.3. The van der Waals surface area contributed by atoms with Crippen molar-refractivity contribution in [2.75, 3.05) is 44.2 Å². The zero-order valence-electron chi connectivity index (χ0n) is 18.0. The SMILES string of the molecule is Cc1cccc2sc(N3CCN(C(=O)c4ccc(S(=O)(=O)N5CCCC5)cc4)CC3)nc12. The maximum Gasteiger partial charge on any atom is 0.253 e. The number of benzene rings is 2. The number of sulfonamides is 1. The number of aryl methyl sites for hydroxylation is 1. The van der Waals surface area contributed by atoms with Crippen LogP contribution in [0.3, 0.4) is 0 Å². The molecule has 7 nitrogen and oxygen atoms in total. The lowest BCUT2D eigenvalue weighted by molar-refractivity contribution is 0.0746. The predicted molar refractivity (Wildman–Crippen MR) is 127 cm³/mol. The average Bonchev–Trinajstić information content (AvgIpc) is 3.50. The summed E-state index contributed by atoms with van der Waals surface area (Å²) in [5, 5.41) is 0.998. The number of amides is 1. The van der Waals surface area contributed by atoms with Crippen LogP contribution in [0.25, 0.3) is 10.2 Å². The number of thiazole rings is 1. The Balaban J connectivity index is 1.24. The number of carbonyl (C=O) groups is 1. The van der Waals surface area contributed by atoms with Gasteiger partial charge in [0.2, 0.25) is 10.0 Å². The normalized spacial score (nSPS) is 17.9. The summed E-state index contributed by atoms with van der Waals surface area (Å²) in [4.78, 5) is 22.1. The number of para-hydroxylation sites is 1. The quantitative estimate of drug-likeness (QED) is 0.585. The fourth-order valence-corrected chi connectivity index (χ4v) is 6.95. The summed E-state index contributed by atoms with van der Waals surface area (Å²) in [6, 6.07) is 12.6. The third kappa shape index (κ3) is 3.89. The van der Waals surface area contributed by atoms with E-state index < -0.39 is 10.0 Å². The molecule has 2 aliphatic rings. The standard InChI is InChI=1S/C23H26N4O3S2/c1-17-5-4-6-20-21(17)24-23(31-20)26-15-13-25(14-16-26)22(28)18-7-9-19(10-8-18)32(29,30)27-11-2-3-12-27/h4-10H,2-3,11-16H2,1H3. The van der Waals surface area contributed by atoms with Crippen LogP contribution in [0.5, 0.6) is 0 Å². The van der Waals surface area contributed by atoms with Crippen LogP contribution >= 0.6 is 11.3 Å². The molecule has 2 fully saturated rings. The van der Waals surface area contributed by atoms with Crippen LogP contribution in [-0.4, -0.2) is 67.8 Å². The highest BCUT2D eigenvalue weighted by molar-refractivity contribution is 7.89. The minimum atomic E-state index is -3.46. The van der Waals surface area contributed by atoms with Gasteiger partial charge in [-0.25, -0.2) is 13.4 Å². The summed E-state index contributed by atoms with van der Waals surface area (Å²) in [5.74, 6) is -0.0603. The van der Waals surface area contributed by atoms with Crippen molar-refractivity contribution in [1.82, 2.24) is 14.2 Å². The summed E-state index contributed by atoms with van der Waals surface area (Å²) in [6.45, 7) is 5.90. The van der Waals surface area contributed by atoms with Crippen LogP contribution in [0.1, 0.15) is 28.8 Å². The first-order chi connectivity index (χ1) is 15.4. The van der Waals surface area contributed by atoms with Crippen molar-refractivity contribution >= 4 is 42.6 Å². The van der Waals surface area contributed by atoms with Gasteiger partial charge in [-0.2, -0.15) is 4.31 Å². The maximum atomic E-state index is 13.0. The molecule has 0 N–H and O–H groups in total. The predicted octanol–water partition coefficient (Wildman–Crippen LogP) is 3.35. The molecule has 5 rings (SSSR count). The molecule has 2 saturated heterocycles. The lowest BCUT2D eigenvalue weighted by Crippen LogP contribution is -2.48. The molecule has 0 radical (unpaired) electrons. The van der Waals surface area contributed by atoms with E-state index in [1.54, 1.807) is 35.6 Å². The molecular weight excluding hydrogens is 444 g/mol. The summed E-state index contributed by atoms with van der Waals surface area (Å²) in [5.41, 5.74) is 2.75. The van der Waals surface area contributed by atoms with Crippen molar-refractivity contribution in [3.8, 4) is 0 Å². The van der Waals surface area contributed by atoms with E-state index in [9.17, 15) is 13.2 Å². The van der Waals surface area contributed by atoms with E-state index in [4.69, 9.17) is 4.98 Å². The van der Waals surface area contributed by atoms with Crippen LogP contribution in [0.2, 0.25) is 0 Å². The van der Waals surface area contributed by atoms with Crippen LogP contribution in [0.15, 0.2) is 47.4 Å². The fraction of sp³-hybridized carbons (Fsp3) is 0.391. The maximum absolute atomic E-state index is 13.0. The molecule has 32 heavy (non-hydrogen) atoms. The molecule has 2 aromatic carbocycles. The molecule has 0 spiro atoms. The van der Waals surface area contributed by atoms with Crippen LogP contribution < -0.4 is 4.90 Å². The highest BCUT2D eigenvalue weighted by Gasteiger charge is 2.28. The minimum Gasteiger partial charge on any atom is -0.345 e. The van der Waals surface area contributed by atoms with Crippen molar-refractivity contribution in [3.05, 3.63) is 53.6 Å². The third-order valence-electron chi connectivity index (χ3n) is 6.25. The molecule has 0 saturated carbocycles. The van der Waals surface area contributed by atoms with Gasteiger partial charge in [-0.3, -0.25) is 4.79 Å². The molecule has 3 aromatic rings. The van der Waals surface area contributed by atoms with Crippen molar-refractivity contribution in [1.29, 1.82) is 0 Å². The topological polar surface area (TPSA) is 73.8 Å². The highest BCUT2D eigenvalue weighted by Crippen LogP contribution is 2.31. The molecule has 3 heterocycles. The Hall–Kier alpha value is -2.49. The van der Waals surface area contributed by atoms with E-state index in [0.29, 0.717) is 31.7 Å². The summed E-state index contributed by atoms with van der Waals surface area (Å²) in [6.07, 6.45) is 1.80. The van der Waals surface area contributed by atoms with E-state index in [2.05, 4.69) is 30.0 Å². The second kappa shape index (κ2) is 8.46. The fourth-order valence-electron chi connectivity index (χ4n) is 4.34. The number of hydrogen-bond acceptors (Lipinski definition) is 6. The van der Waals surface area contributed by atoms with E-state index in [0.717, 1.165) is 36.6 Å². The molecule has 0 bridgehead atoms. The smallest absolute Gasteiger partial charge is 0.253 e. The van der Waals surface area contributed by atoms with Crippen LogP contribution in [-0.2, 0) is 10.0 Å². The largest absolute Gasteiger partial charge is 0.345 e. The number of piperazine rings is 1. The Labute approximate surface area is 192 Å². The number of hydrogen-bond donors (Lipinski definition) is 0. The molecule has 9 heteroatoms. The van der Waals surface area contributed by atoms with Gasteiger partial charge in [0, 0.05) is 44.8 Å². The Kier molecular flexibility index (Phi) is 5.65. The summed E-state index contributed by atoms with van der Waals surface area (Å²) in [7, 11) is -3.46. The second-order valence-electron chi connectivity index (χ2n) is 8.33. The van der Waals surface area contributed by atoms with Crippen molar-refractivity contribution < 1.29 is 13.2 Å². The van der Waals surface area contributed by atoms with E-state index >= 15 is 0 Å². The number of anilines is 1. The zero-order chi connectivity index (χ0) is 22.3. The van der Waals surface area contributed by atoms with Gasteiger partial charge in [-0.05, 0) is 55.7 Å². The summed E-state index contributed by atoms with van der Waals surface area (Å²) < 4.78 is 28.1. The van der Waals surface area contributed by atoms with Crippen LogP contribution in [0, 0.1) is 6.92 Å². The molecule has 1 aromatic heterocycles. The number of aromatic nitrogens is 1. The van der Waals surface area contributed by atoms with Crippen molar-refractivity contribution in [2.24, 2.45) is 0 Å². The highest BCUT2D eigenvalue weighted by atomic mass is 32.2. The van der Waals surface area contributed by atoms with Crippen LogP contribution in [0.4, 0.5) is 5.13 Å². The van der Waals surface area contributed by atoms with Gasteiger partial charge in [0.05, 0.1) is 15.1 Å². The Bertz CT molecular complexity index is 1240. The van der Waals surface area contributed by atoms with Gasteiger partial charge in [-0.15, -0.1) is 0 Å². The minimum absolute atomic E-state index is 0.0603. The Morgan fingerprint density at radius 1 is 0.938 bits per heavy atom. The Morgan fingerprint density at radius 2 is 1.62 bits per heavy atom. The molecule has 168 valence electrons.